The van der Waals surface area contributed by atoms with Crippen molar-refractivity contribution in [1.82, 2.24) is 0 Å². The van der Waals surface area contributed by atoms with Gasteiger partial charge in [0.2, 0.25) is 0 Å². The molecule has 3 heteroatoms. The van der Waals surface area contributed by atoms with E-state index in [1.54, 1.807) is 0 Å². The van der Waals surface area contributed by atoms with Gasteiger partial charge in [-0.25, -0.2) is 0 Å². The van der Waals surface area contributed by atoms with Gasteiger partial charge in [0.15, 0.2) is 0 Å². The van der Waals surface area contributed by atoms with Crippen LogP contribution in [0.2, 0.25) is 0 Å². The number of nitrogens with zero attached hydrogens (tertiary/aromatic N) is 1. The summed E-state index contributed by atoms with van der Waals surface area (Å²) in [5.41, 5.74) is 0. The molecule has 0 saturated carbocycles. The van der Waals surface area contributed by atoms with Gasteiger partial charge in [-0.05, 0) is 24.7 Å². The average Bonchev–Trinajstić information content (AvgIpc) is 2.61. The maximum atomic E-state index is 5.91. The first-order valence-corrected chi connectivity index (χ1v) is 8.30. The molecular weight excluding hydrogens is 420 g/mol. The molecule has 0 aliphatic carbocycles. The minimum Gasteiger partial charge on any atom is -0.657 e. The van der Waals surface area contributed by atoms with E-state index in [0.29, 0.717) is 18.1 Å². The van der Waals surface area contributed by atoms with Crippen LogP contribution in [0.15, 0.2) is 0 Å². The van der Waals surface area contributed by atoms with Gasteiger partial charge in [-0.1, -0.05) is 60.8 Å². The van der Waals surface area contributed by atoms with Crippen LogP contribution >= 0.6 is 0 Å². The van der Waals surface area contributed by atoms with E-state index < -0.39 is 0 Å². The van der Waals surface area contributed by atoms with Gasteiger partial charge in [-0.3, -0.25) is 0 Å². The fourth-order valence-electron chi connectivity index (χ4n) is 2.55. The molecule has 0 aromatic carbocycles. The number of fused-ring (bicyclic) bond motifs is 1. The zero-order valence-corrected chi connectivity index (χ0v) is 17.4. The second-order valence-electron chi connectivity index (χ2n) is 6.42. The molecule has 0 aromatic heterocycles. The summed E-state index contributed by atoms with van der Waals surface area (Å²) in [4.78, 5) is 0. The zero-order chi connectivity index (χ0) is 14.8. The molecule has 1 radical (unpaired) electrons. The average molecular weight is 457 g/mol. The molecule has 2 saturated heterocycles. The Kier molecular flexibility index (Phi) is 15.2. The number of hydrogen-bond donors (Lipinski definition) is 0. The van der Waals surface area contributed by atoms with Crippen molar-refractivity contribution in [2.45, 2.75) is 79.9 Å². The van der Waals surface area contributed by atoms with E-state index in [1.165, 1.54) is 19.3 Å². The van der Waals surface area contributed by atoms with Gasteiger partial charge in [-0.15, -0.1) is 12.6 Å². The molecule has 3 unspecified atom stereocenters. The Morgan fingerprint density at radius 2 is 1.55 bits per heavy atom. The molecule has 0 bridgehead atoms. The van der Waals surface area contributed by atoms with Crippen LogP contribution in [0.4, 0.5) is 0 Å². The van der Waals surface area contributed by atoms with Crippen molar-refractivity contribution >= 4 is 0 Å². The third-order valence-electron chi connectivity index (χ3n) is 3.31. The van der Waals surface area contributed by atoms with E-state index in [-0.39, 0.29) is 20.4 Å². The smallest absolute Gasteiger partial charge is 0.0469 e. The van der Waals surface area contributed by atoms with Crippen molar-refractivity contribution in [2.75, 3.05) is 13.2 Å². The summed E-state index contributed by atoms with van der Waals surface area (Å²) >= 11 is 0. The van der Waals surface area contributed by atoms with Crippen molar-refractivity contribution < 1.29 is 25.2 Å². The van der Waals surface area contributed by atoms with E-state index in [1.807, 2.05) is 13.8 Å². The molecule has 0 N–H and O–H groups in total. The minimum absolute atomic E-state index is 0. The Balaban J connectivity index is 0. The molecule has 2 fully saturated rings. The first kappa shape index (κ1) is 22.9. The number of rotatable bonds is 1. The van der Waals surface area contributed by atoms with Gasteiger partial charge in [0.1, 0.15) is 0 Å². The van der Waals surface area contributed by atoms with Crippen LogP contribution < -0.4 is 0 Å². The Hall–Kier alpha value is 0.582. The predicted molar refractivity (Wildman–Crippen MR) is 85.8 cm³/mol. The van der Waals surface area contributed by atoms with Crippen LogP contribution in [0.3, 0.4) is 0 Å². The van der Waals surface area contributed by atoms with E-state index >= 15 is 0 Å². The van der Waals surface area contributed by atoms with Gasteiger partial charge in [0.05, 0.1) is 0 Å². The first-order valence-electron chi connectivity index (χ1n) is 8.30. The van der Waals surface area contributed by atoms with Crippen molar-refractivity contribution in [3.63, 3.8) is 0 Å². The molecule has 2 heterocycles. The molecule has 2 rings (SSSR count). The summed E-state index contributed by atoms with van der Waals surface area (Å²) < 4.78 is 5.91. The van der Waals surface area contributed by atoms with Crippen LogP contribution in [0.5, 0.6) is 0 Å². The predicted octanol–water partition coefficient (Wildman–Crippen LogP) is 5.27. The summed E-state index contributed by atoms with van der Waals surface area (Å²) in [6, 6.07) is 0.475. The molecular formula is C17H36NORe-. The molecule has 20 heavy (non-hydrogen) atoms. The van der Waals surface area contributed by atoms with E-state index in [0.717, 1.165) is 25.0 Å². The Labute approximate surface area is 141 Å². The molecule has 3 atom stereocenters. The topological polar surface area (TPSA) is 23.3 Å². The SMILES string of the molecule is CC.CC(C)C.CC(C)C1[N-]CC2CCCCOC21.[Re]. The van der Waals surface area contributed by atoms with E-state index in [9.17, 15) is 0 Å². The van der Waals surface area contributed by atoms with Crippen LogP contribution in [0.1, 0.15) is 67.7 Å². The molecule has 2 aliphatic heterocycles. The van der Waals surface area contributed by atoms with Gasteiger partial charge in [0, 0.05) is 33.1 Å². The van der Waals surface area contributed by atoms with Gasteiger partial charge >= 0.3 is 0 Å². The molecule has 2 aliphatic rings. The van der Waals surface area contributed by atoms with Crippen molar-refractivity contribution in [3.05, 3.63) is 5.32 Å². The fraction of sp³-hybridized carbons (Fsp3) is 1.00. The Morgan fingerprint density at radius 3 is 2.05 bits per heavy atom. The van der Waals surface area contributed by atoms with Crippen LogP contribution in [-0.4, -0.2) is 25.3 Å². The molecule has 0 amide bonds. The Bertz CT molecular complexity index is 206. The zero-order valence-electron chi connectivity index (χ0n) is 14.7. The maximum Gasteiger partial charge on any atom is 0.0469 e. The van der Waals surface area contributed by atoms with Gasteiger partial charge < -0.3 is 10.1 Å². The standard InChI is InChI=1S/C11H20NO.C4H10.C2H6.Re/c1-8(2)10-11-9(7-12-10)5-3-4-6-13-11;1-4(2)3;1-2;/h8-11H,3-7H2,1-2H3;4H,1-3H3;1-2H3;/q-1;;;. The number of hydrogen-bond acceptors (Lipinski definition) is 1. The van der Waals surface area contributed by atoms with E-state index in [2.05, 4.69) is 34.6 Å². The third kappa shape index (κ3) is 8.78. The summed E-state index contributed by atoms with van der Waals surface area (Å²) in [6.07, 6.45) is 4.36. The quantitative estimate of drug-likeness (QED) is 0.527. The molecule has 0 aromatic rings. The number of ether oxygens (including phenoxy) is 1. The largest absolute Gasteiger partial charge is 0.657 e. The monoisotopic (exact) mass is 457 g/mol. The van der Waals surface area contributed by atoms with Gasteiger partial charge in [-0.2, -0.15) is 0 Å². The van der Waals surface area contributed by atoms with Crippen molar-refractivity contribution in [1.29, 1.82) is 0 Å². The van der Waals surface area contributed by atoms with Crippen LogP contribution in [0.25, 0.3) is 5.32 Å². The van der Waals surface area contributed by atoms with Crippen molar-refractivity contribution in [2.24, 2.45) is 17.8 Å². The summed E-state index contributed by atoms with van der Waals surface area (Å²) in [5.74, 6) is 2.21. The van der Waals surface area contributed by atoms with Crippen LogP contribution in [0, 0.1) is 17.8 Å². The normalized spacial score (nSPS) is 28.4. The molecule has 123 valence electrons. The van der Waals surface area contributed by atoms with E-state index in [4.69, 9.17) is 10.1 Å². The second kappa shape index (κ2) is 13.3. The third-order valence-corrected chi connectivity index (χ3v) is 3.31. The summed E-state index contributed by atoms with van der Waals surface area (Å²) in [6.45, 7) is 17.0. The minimum atomic E-state index is 0. The molecule has 0 spiro atoms. The molecule has 2 nitrogen and oxygen atoms in total. The summed E-state index contributed by atoms with van der Waals surface area (Å²) in [5, 5.41) is 4.70. The summed E-state index contributed by atoms with van der Waals surface area (Å²) in [7, 11) is 0. The Morgan fingerprint density at radius 1 is 1.00 bits per heavy atom. The fourth-order valence-corrected chi connectivity index (χ4v) is 2.55. The van der Waals surface area contributed by atoms with Gasteiger partial charge in [0.25, 0.3) is 0 Å². The maximum absolute atomic E-state index is 5.91. The second-order valence-corrected chi connectivity index (χ2v) is 6.42. The van der Waals surface area contributed by atoms with Crippen LogP contribution in [-0.2, 0) is 25.2 Å². The first-order chi connectivity index (χ1) is 9.02. The van der Waals surface area contributed by atoms with Crippen molar-refractivity contribution in [3.8, 4) is 0 Å².